The highest BCUT2D eigenvalue weighted by atomic mass is 19.1. The van der Waals surface area contributed by atoms with E-state index in [1.807, 2.05) is 6.20 Å². The van der Waals surface area contributed by atoms with Crippen molar-refractivity contribution in [3.8, 4) is 0 Å². The van der Waals surface area contributed by atoms with Crippen molar-refractivity contribution >= 4 is 16.6 Å². The van der Waals surface area contributed by atoms with Crippen LogP contribution in [0.15, 0.2) is 18.3 Å². The van der Waals surface area contributed by atoms with Gasteiger partial charge in [0, 0.05) is 17.3 Å². The molecular formula is C10H12FN3. The molecule has 74 valence electrons. The molecule has 0 amide bonds. The third-order valence-electron chi connectivity index (χ3n) is 2.27. The number of benzene rings is 1. The summed E-state index contributed by atoms with van der Waals surface area (Å²) in [6.45, 7) is 0.559. The van der Waals surface area contributed by atoms with Crippen LogP contribution in [0, 0.1) is 5.82 Å². The van der Waals surface area contributed by atoms with Gasteiger partial charge in [0.25, 0.3) is 0 Å². The normalized spacial score (nSPS) is 11.0. The minimum absolute atomic E-state index is 0.323. The fraction of sp³-hybridized carbons (Fsp3) is 0.200. The number of aromatic nitrogens is 1. The minimum atomic E-state index is -0.323. The van der Waals surface area contributed by atoms with E-state index in [2.05, 4.69) is 4.98 Å². The van der Waals surface area contributed by atoms with Gasteiger partial charge in [-0.1, -0.05) is 0 Å². The standard InChI is InChI=1S/C10H12FN3/c11-7-3-8(13)10-6(1-2-12)5-14-9(10)4-7/h3-5,14H,1-2,12-13H2. The summed E-state index contributed by atoms with van der Waals surface area (Å²) in [4.78, 5) is 2.98. The lowest BCUT2D eigenvalue weighted by Crippen LogP contribution is -2.02. The number of rotatable bonds is 2. The molecule has 1 aromatic heterocycles. The third-order valence-corrected chi connectivity index (χ3v) is 2.27. The summed E-state index contributed by atoms with van der Waals surface area (Å²) in [6, 6.07) is 2.77. The van der Waals surface area contributed by atoms with E-state index in [9.17, 15) is 4.39 Å². The fourth-order valence-electron chi connectivity index (χ4n) is 1.69. The molecule has 0 aliphatic carbocycles. The van der Waals surface area contributed by atoms with Gasteiger partial charge in [-0.05, 0) is 30.7 Å². The maximum Gasteiger partial charge on any atom is 0.127 e. The third kappa shape index (κ3) is 1.33. The number of hydrogen-bond acceptors (Lipinski definition) is 2. The molecule has 3 nitrogen and oxygen atoms in total. The number of fused-ring (bicyclic) bond motifs is 1. The van der Waals surface area contributed by atoms with E-state index in [-0.39, 0.29) is 5.82 Å². The van der Waals surface area contributed by atoms with Crippen LogP contribution in [0.1, 0.15) is 5.56 Å². The lowest BCUT2D eigenvalue weighted by atomic mass is 10.1. The second kappa shape index (κ2) is 3.31. The van der Waals surface area contributed by atoms with E-state index in [0.717, 1.165) is 22.9 Å². The summed E-state index contributed by atoms with van der Waals surface area (Å²) in [7, 11) is 0. The van der Waals surface area contributed by atoms with Gasteiger partial charge in [0.15, 0.2) is 0 Å². The van der Waals surface area contributed by atoms with E-state index in [4.69, 9.17) is 11.5 Å². The Bertz CT molecular complexity index is 462. The Morgan fingerprint density at radius 1 is 1.36 bits per heavy atom. The van der Waals surface area contributed by atoms with Crippen LogP contribution >= 0.6 is 0 Å². The van der Waals surface area contributed by atoms with Gasteiger partial charge in [0.2, 0.25) is 0 Å². The summed E-state index contributed by atoms with van der Waals surface area (Å²) >= 11 is 0. The molecule has 0 fully saturated rings. The Labute approximate surface area is 80.9 Å². The maximum atomic E-state index is 13.0. The molecule has 0 saturated carbocycles. The first-order chi connectivity index (χ1) is 6.72. The largest absolute Gasteiger partial charge is 0.398 e. The number of nitrogens with two attached hydrogens (primary N) is 2. The highest BCUT2D eigenvalue weighted by Crippen LogP contribution is 2.25. The van der Waals surface area contributed by atoms with Crippen LogP contribution < -0.4 is 11.5 Å². The molecular weight excluding hydrogens is 181 g/mol. The van der Waals surface area contributed by atoms with Crippen LogP contribution in [0.4, 0.5) is 10.1 Å². The Balaban J connectivity index is 2.66. The van der Waals surface area contributed by atoms with E-state index in [0.29, 0.717) is 12.2 Å². The van der Waals surface area contributed by atoms with Crippen molar-refractivity contribution in [3.05, 3.63) is 29.7 Å². The highest BCUT2D eigenvalue weighted by molar-refractivity contribution is 5.94. The Morgan fingerprint density at radius 3 is 2.86 bits per heavy atom. The van der Waals surface area contributed by atoms with Crippen LogP contribution in [0.2, 0.25) is 0 Å². The highest BCUT2D eigenvalue weighted by Gasteiger charge is 2.07. The molecule has 0 bridgehead atoms. The van der Waals surface area contributed by atoms with Gasteiger partial charge in [0.05, 0.1) is 5.52 Å². The molecule has 14 heavy (non-hydrogen) atoms. The van der Waals surface area contributed by atoms with E-state index in [1.165, 1.54) is 12.1 Å². The van der Waals surface area contributed by atoms with Crippen LogP contribution in [0.25, 0.3) is 10.9 Å². The monoisotopic (exact) mass is 193 g/mol. The molecule has 5 N–H and O–H groups in total. The van der Waals surface area contributed by atoms with Gasteiger partial charge in [-0.25, -0.2) is 4.39 Å². The molecule has 0 unspecified atom stereocenters. The van der Waals surface area contributed by atoms with Crippen molar-refractivity contribution in [1.82, 2.24) is 4.98 Å². The molecule has 0 spiro atoms. The molecule has 1 aromatic carbocycles. The molecule has 0 radical (unpaired) electrons. The second-order valence-electron chi connectivity index (χ2n) is 3.27. The minimum Gasteiger partial charge on any atom is -0.398 e. The first kappa shape index (κ1) is 9.02. The van der Waals surface area contributed by atoms with E-state index >= 15 is 0 Å². The Hall–Kier alpha value is -1.55. The molecule has 0 saturated heterocycles. The van der Waals surface area contributed by atoms with Crippen LogP contribution in [-0.4, -0.2) is 11.5 Å². The zero-order valence-electron chi connectivity index (χ0n) is 7.68. The van der Waals surface area contributed by atoms with Gasteiger partial charge in [-0.3, -0.25) is 0 Å². The van der Waals surface area contributed by atoms with Gasteiger partial charge < -0.3 is 16.5 Å². The topological polar surface area (TPSA) is 67.8 Å². The molecule has 0 atom stereocenters. The average Bonchev–Trinajstić information content (AvgIpc) is 2.49. The number of nitrogen functional groups attached to an aromatic ring is 1. The predicted octanol–water partition coefficient (Wildman–Crippen LogP) is 1.39. The summed E-state index contributed by atoms with van der Waals surface area (Å²) in [5.41, 5.74) is 13.4. The summed E-state index contributed by atoms with van der Waals surface area (Å²) in [5.74, 6) is -0.323. The average molecular weight is 193 g/mol. The van der Waals surface area contributed by atoms with Crippen LogP contribution in [-0.2, 0) is 6.42 Å². The molecule has 4 heteroatoms. The fourth-order valence-corrected chi connectivity index (χ4v) is 1.69. The Kier molecular flexibility index (Phi) is 2.13. The van der Waals surface area contributed by atoms with Crippen molar-refractivity contribution in [1.29, 1.82) is 0 Å². The van der Waals surface area contributed by atoms with Gasteiger partial charge >= 0.3 is 0 Å². The Morgan fingerprint density at radius 2 is 2.14 bits per heavy atom. The van der Waals surface area contributed by atoms with E-state index < -0.39 is 0 Å². The van der Waals surface area contributed by atoms with Crippen molar-refractivity contribution in [2.45, 2.75) is 6.42 Å². The van der Waals surface area contributed by atoms with Crippen molar-refractivity contribution in [3.63, 3.8) is 0 Å². The molecule has 1 heterocycles. The second-order valence-corrected chi connectivity index (χ2v) is 3.27. The van der Waals surface area contributed by atoms with Crippen molar-refractivity contribution in [2.24, 2.45) is 5.73 Å². The number of aromatic amines is 1. The quantitative estimate of drug-likeness (QED) is 0.631. The molecule has 2 rings (SSSR count). The zero-order chi connectivity index (χ0) is 10.1. The SMILES string of the molecule is NCCc1c[nH]c2cc(F)cc(N)c12. The summed E-state index contributed by atoms with van der Waals surface area (Å²) in [6.07, 6.45) is 2.57. The first-order valence-electron chi connectivity index (χ1n) is 4.47. The van der Waals surface area contributed by atoms with Crippen molar-refractivity contribution < 1.29 is 4.39 Å². The number of hydrogen-bond donors (Lipinski definition) is 3. The molecule has 2 aromatic rings. The predicted molar refractivity (Wildman–Crippen MR) is 55.4 cm³/mol. The molecule has 0 aliphatic rings. The summed E-state index contributed by atoms with van der Waals surface area (Å²) in [5, 5.41) is 0.886. The number of nitrogens with one attached hydrogen (secondary N) is 1. The van der Waals surface area contributed by atoms with Crippen molar-refractivity contribution in [2.75, 3.05) is 12.3 Å². The van der Waals surface area contributed by atoms with Crippen LogP contribution in [0.5, 0.6) is 0 Å². The van der Waals surface area contributed by atoms with E-state index in [1.54, 1.807) is 0 Å². The number of halogens is 1. The summed E-state index contributed by atoms with van der Waals surface area (Å²) < 4.78 is 13.0. The van der Waals surface area contributed by atoms with Gasteiger partial charge in [-0.15, -0.1) is 0 Å². The lowest BCUT2D eigenvalue weighted by molar-refractivity contribution is 0.630. The number of anilines is 1. The zero-order valence-corrected chi connectivity index (χ0v) is 7.68. The van der Waals surface area contributed by atoms with Gasteiger partial charge in [0.1, 0.15) is 5.82 Å². The molecule has 0 aliphatic heterocycles. The maximum absolute atomic E-state index is 13.0. The first-order valence-corrected chi connectivity index (χ1v) is 4.47. The lowest BCUT2D eigenvalue weighted by Gasteiger charge is -2.00. The van der Waals surface area contributed by atoms with Crippen LogP contribution in [0.3, 0.4) is 0 Å². The number of H-pyrrole nitrogens is 1. The smallest absolute Gasteiger partial charge is 0.127 e. The van der Waals surface area contributed by atoms with Gasteiger partial charge in [-0.2, -0.15) is 0 Å².